The van der Waals surface area contributed by atoms with Gasteiger partial charge in [-0.25, -0.2) is 0 Å². The van der Waals surface area contributed by atoms with E-state index in [-0.39, 0.29) is 32.2 Å². The zero-order valence-electron chi connectivity index (χ0n) is 60.7. The number of aliphatic carboxylic acids is 1. The standard InChI is InChI=1S/C82H149NO8/c1-6-8-10-12-14-16-18-20-22-24-26-28-30-32-34-36-38-40-42-44-46-48-50-52-54-56-58-60-62-64-66-68-70-72-79(84)89-76-78(77-90-82(81(86)87)88-75-74-83(3,4)5)91-80(85)73-71-69-67-65-63-61-59-57-55-53-51-49-47-45-43-41-39-37-35-33-31-29-27-25-23-21-19-17-15-13-11-9-7-2/h9,11,15,17,21,23,27,29,33,35,39,41,78,82H,6-8,10,12-14,16,18-20,22,24-26,28,30-32,34,36-38,40,42-77H2,1-5H3/b11-9-,17-15-,23-21-,29-27-,35-33-,41-39-. The molecule has 0 aliphatic carbocycles. The van der Waals surface area contributed by atoms with E-state index in [9.17, 15) is 19.5 Å². The van der Waals surface area contributed by atoms with Crippen LogP contribution in [0.15, 0.2) is 72.9 Å². The summed E-state index contributed by atoms with van der Waals surface area (Å²) in [6.45, 7) is 4.70. The van der Waals surface area contributed by atoms with Crippen molar-refractivity contribution >= 4 is 17.9 Å². The molecule has 2 atom stereocenters. The molecule has 0 aromatic rings. The van der Waals surface area contributed by atoms with Crippen molar-refractivity contribution in [2.45, 2.75) is 386 Å². The first-order valence-electron chi connectivity index (χ1n) is 39.1. The number of carbonyl (C=O) groups excluding carboxylic acids is 3. The van der Waals surface area contributed by atoms with Crippen molar-refractivity contribution < 1.29 is 42.9 Å². The first-order chi connectivity index (χ1) is 44.6. The molecule has 0 aliphatic rings. The summed E-state index contributed by atoms with van der Waals surface area (Å²) in [4.78, 5) is 37.6. The molecule has 9 heteroatoms. The number of unbranched alkanes of at least 4 members (excludes halogenated alkanes) is 46. The highest BCUT2D eigenvalue weighted by molar-refractivity contribution is 5.70. The summed E-state index contributed by atoms with van der Waals surface area (Å²) in [7, 11) is 5.94. The maximum atomic E-state index is 13.0. The van der Waals surface area contributed by atoms with Crippen LogP contribution in [0.25, 0.3) is 0 Å². The van der Waals surface area contributed by atoms with Gasteiger partial charge in [-0.15, -0.1) is 0 Å². The second-order valence-corrected chi connectivity index (χ2v) is 27.6. The van der Waals surface area contributed by atoms with E-state index in [1.807, 2.05) is 21.1 Å². The molecule has 530 valence electrons. The number of carboxylic acid groups (broad SMARTS) is 1. The first-order valence-corrected chi connectivity index (χ1v) is 39.1. The van der Waals surface area contributed by atoms with Crippen LogP contribution in [0.4, 0.5) is 0 Å². The number of hydrogen-bond donors (Lipinski definition) is 0. The van der Waals surface area contributed by atoms with E-state index in [0.717, 1.165) is 77.0 Å². The van der Waals surface area contributed by atoms with Crippen molar-refractivity contribution in [3.8, 4) is 0 Å². The Kier molecular flexibility index (Phi) is 69.9. The average Bonchev–Trinajstić information content (AvgIpc) is 3.46. The number of ether oxygens (including phenoxy) is 4. The molecule has 0 spiro atoms. The zero-order chi connectivity index (χ0) is 66.1. The van der Waals surface area contributed by atoms with E-state index in [2.05, 4.69) is 86.8 Å². The van der Waals surface area contributed by atoms with Gasteiger partial charge in [0.25, 0.3) is 0 Å². The summed E-state index contributed by atoms with van der Waals surface area (Å²) in [5.41, 5.74) is 0. The van der Waals surface area contributed by atoms with Crippen molar-refractivity contribution in [3.63, 3.8) is 0 Å². The predicted molar refractivity (Wildman–Crippen MR) is 389 cm³/mol. The normalized spacial score (nSPS) is 13.0. The predicted octanol–water partition coefficient (Wildman–Crippen LogP) is 23.5. The molecule has 0 aromatic carbocycles. The van der Waals surface area contributed by atoms with Crippen LogP contribution in [0.2, 0.25) is 0 Å². The molecule has 0 N–H and O–H groups in total. The Hall–Kier alpha value is -3.27. The van der Waals surface area contributed by atoms with Crippen LogP contribution in [0.3, 0.4) is 0 Å². The SMILES string of the molecule is CC/C=C\C/C=C\C/C=C\C/C=C\C/C=C\C/C=C\CCCCCCCCCCCCCCCCC(=O)OC(COC(=O)CCCCCCCCCCCCCCCCCCCCCCCCCCCCCCCCCCC)COC(OCC[N+](C)(C)C)C(=O)[O-]. The number of allylic oxidation sites excluding steroid dienone is 12. The van der Waals surface area contributed by atoms with Crippen molar-refractivity contribution in [2.24, 2.45) is 0 Å². The van der Waals surface area contributed by atoms with Gasteiger partial charge in [-0.1, -0.05) is 369 Å². The molecule has 0 aliphatic heterocycles. The minimum Gasteiger partial charge on any atom is -0.545 e. The lowest BCUT2D eigenvalue weighted by atomic mass is 10.0. The molecular weight excluding hydrogens is 1130 g/mol. The number of likely N-dealkylation sites (N-methyl/N-ethyl adjacent to an activating group) is 1. The van der Waals surface area contributed by atoms with Gasteiger partial charge in [-0.05, 0) is 64.2 Å². The Morgan fingerprint density at radius 1 is 0.341 bits per heavy atom. The second kappa shape index (κ2) is 72.6. The molecule has 0 radical (unpaired) electrons. The summed E-state index contributed by atoms with van der Waals surface area (Å²) >= 11 is 0. The number of rotatable bonds is 73. The van der Waals surface area contributed by atoms with Gasteiger partial charge in [-0.2, -0.15) is 0 Å². The van der Waals surface area contributed by atoms with Gasteiger partial charge in [0.15, 0.2) is 12.4 Å². The fraction of sp³-hybridized carbons (Fsp3) is 0.817. The first kappa shape index (κ1) is 87.7. The highest BCUT2D eigenvalue weighted by atomic mass is 16.7. The van der Waals surface area contributed by atoms with E-state index in [1.165, 1.54) is 263 Å². The molecule has 0 bridgehead atoms. The van der Waals surface area contributed by atoms with Gasteiger partial charge in [0.05, 0.1) is 40.3 Å². The van der Waals surface area contributed by atoms with Crippen LogP contribution >= 0.6 is 0 Å². The monoisotopic (exact) mass is 1280 g/mol. The van der Waals surface area contributed by atoms with Crippen molar-refractivity contribution in [1.29, 1.82) is 0 Å². The fourth-order valence-corrected chi connectivity index (χ4v) is 11.5. The van der Waals surface area contributed by atoms with E-state index < -0.39 is 24.3 Å². The number of hydrogen-bond acceptors (Lipinski definition) is 8. The smallest absolute Gasteiger partial charge is 0.306 e. The number of carbonyl (C=O) groups is 3. The molecular formula is C82H149NO8. The van der Waals surface area contributed by atoms with Gasteiger partial charge in [0.2, 0.25) is 0 Å². The Bertz CT molecular complexity index is 1730. The number of quaternary nitrogens is 1. The molecule has 0 amide bonds. The second-order valence-electron chi connectivity index (χ2n) is 27.6. The molecule has 9 nitrogen and oxygen atoms in total. The lowest BCUT2D eigenvalue weighted by Crippen LogP contribution is -2.44. The van der Waals surface area contributed by atoms with Gasteiger partial charge < -0.3 is 33.3 Å². The van der Waals surface area contributed by atoms with Crippen molar-refractivity contribution in [2.75, 3.05) is 47.5 Å². The summed E-state index contributed by atoms with van der Waals surface area (Å²) in [5, 5.41) is 11.9. The average molecular weight is 1280 g/mol. The molecule has 0 aromatic heterocycles. The van der Waals surface area contributed by atoms with Gasteiger partial charge in [0.1, 0.15) is 13.2 Å². The number of esters is 2. The van der Waals surface area contributed by atoms with Crippen LogP contribution in [-0.2, 0) is 33.3 Å². The van der Waals surface area contributed by atoms with Gasteiger partial charge >= 0.3 is 11.9 Å². The quantitative estimate of drug-likeness (QED) is 0.0195. The fourth-order valence-electron chi connectivity index (χ4n) is 11.5. The van der Waals surface area contributed by atoms with Crippen LogP contribution in [0, 0.1) is 0 Å². The lowest BCUT2D eigenvalue weighted by Gasteiger charge is -2.26. The zero-order valence-corrected chi connectivity index (χ0v) is 60.7. The molecule has 0 heterocycles. The van der Waals surface area contributed by atoms with Gasteiger partial charge in [0, 0.05) is 12.8 Å². The highest BCUT2D eigenvalue weighted by Gasteiger charge is 2.22. The molecule has 0 fully saturated rings. The largest absolute Gasteiger partial charge is 0.545 e. The van der Waals surface area contributed by atoms with Crippen molar-refractivity contribution in [1.82, 2.24) is 0 Å². The third kappa shape index (κ3) is 74.0. The molecule has 0 saturated carbocycles. The summed E-state index contributed by atoms with van der Waals surface area (Å²) in [6, 6.07) is 0. The minimum absolute atomic E-state index is 0.148. The molecule has 2 unspecified atom stereocenters. The third-order valence-corrected chi connectivity index (χ3v) is 17.5. The van der Waals surface area contributed by atoms with Crippen LogP contribution in [-0.4, -0.2) is 82.3 Å². The van der Waals surface area contributed by atoms with Crippen LogP contribution in [0.5, 0.6) is 0 Å². The Morgan fingerprint density at radius 2 is 0.626 bits per heavy atom. The van der Waals surface area contributed by atoms with E-state index in [0.29, 0.717) is 23.9 Å². The van der Waals surface area contributed by atoms with E-state index in [4.69, 9.17) is 18.9 Å². The molecule has 0 saturated heterocycles. The van der Waals surface area contributed by atoms with Crippen LogP contribution < -0.4 is 5.11 Å². The van der Waals surface area contributed by atoms with Gasteiger partial charge in [-0.3, -0.25) is 9.59 Å². The Balaban J connectivity index is 4.02. The summed E-state index contributed by atoms with van der Waals surface area (Å²) in [5.74, 6) is -2.26. The topological polar surface area (TPSA) is 111 Å². The van der Waals surface area contributed by atoms with Crippen LogP contribution in [0.1, 0.15) is 373 Å². The van der Waals surface area contributed by atoms with E-state index in [1.54, 1.807) is 0 Å². The number of carboxylic acids is 1. The third-order valence-electron chi connectivity index (χ3n) is 17.5. The number of nitrogens with zero attached hydrogens (tertiary/aromatic N) is 1. The molecule has 0 rings (SSSR count). The van der Waals surface area contributed by atoms with E-state index >= 15 is 0 Å². The summed E-state index contributed by atoms with van der Waals surface area (Å²) < 4.78 is 22.9. The summed E-state index contributed by atoms with van der Waals surface area (Å²) in [6.07, 6.45) is 94.5. The lowest BCUT2D eigenvalue weighted by molar-refractivity contribution is -0.870. The Labute approximate surface area is 564 Å². The maximum Gasteiger partial charge on any atom is 0.306 e. The minimum atomic E-state index is -1.62. The Morgan fingerprint density at radius 3 is 0.934 bits per heavy atom. The highest BCUT2D eigenvalue weighted by Crippen LogP contribution is 2.19. The molecule has 91 heavy (non-hydrogen) atoms. The maximum absolute atomic E-state index is 13.0. The van der Waals surface area contributed by atoms with Crippen molar-refractivity contribution in [3.05, 3.63) is 72.9 Å².